The summed E-state index contributed by atoms with van der Waals surface area (Å²) in [5.74, 6) is 1.06. The predicted octanol–water partition coefficient (Wildman–Crippen LogP) is 4.18. The third-order valence-electron chi connectivity index (χ3n) is 1.93. The molecule has 2 aromatic rings. The molecule has 0 atom stereocenters. The summed E-state index contributed by atoms with van der Waals surface area (Å²) in [5, 5.41) is 4.20. The number of halogens is 1. The molecule has 0 aliphatic carbocycles. The highest BCUT2D eigenvalue weighted by molar-refractivity contribution is 7.11. The van der Waals surface area contributed by atoms with E-state index in [1.807, 2.05) is 0 Å². The summed E-state index contributed by atoms with van der Waals surface area (Å²) in [7, 11) is 0. The van der Waals surface area contributed by atoms with Gasteiger partial charge in [-0.25, -0.2) is 0 Å². The van der Waals surface area contributed by atoms with Gasteiger partial charge < -0.3 is 0 Å². The van der Waals surface area contributed by atoms with Crippen molar-refractivity contribution in [3.05, 3.63) is 44.8 Å². The number of thiophene rings is 2. The van der Waals surface area contributed by atoms with E-state index < -0.39 is 0 Å². The van der Waals surface area contributed by atoms with Gasteiger partial charge in [-0.1, -0.05) is 12.1 Å². The molecule has 0 saturated heterocycles. The van der Waals surface area contributed by atoms with E-state index in [0.717, 1.165) is 0 Å². The minimum atomic E-state index is 0.390. The molecule has 0 aliphatic heterocycles. The van der Waals surface area contributed by atoms with Crippen LogP contribution in [0.4, 0.5) is 0 Å². The lowest BCUT2D eigenvalue weighted by Crippen LogP contribution is -1.96. The normalized spacial score (nSPS) is 10.9. The monoisotopic (exact) mass is 228 g/mol. The van der Waals surface area contributed by atoms with Crippen LogP contribution in [-0.4, -0.2) is 5.88 Å². The maximum absolute atomic E-state index is 5.96. The fourth-order valence-corrected chi connectivity index (χ4v) is 3.55. The molecule has 0 bridgehead atoms. The quantitative estimate of drug-likeness (QED) is 0.692. The Balaban J connectivity index is 2.29. The van der Waals surface area contributed by atoms with Crippen molar-refractivity contribution in [1.29, 1.82) is 0 Å². The largest absolute Gasteiger partial charge is 0.148 e. The van der Waals surface area contributed by atoms with E-state index in [1.54, 1.807) is 22.7 Å². The van der Waals surface area contributed by atoms with Gasteiger partial charge in [0, 0.05) is 21.6 Å². The van der Waals surface area contributed by atoms with E-state index in [-0.39, 0.29) is 0 Å². The van der Waals surface area contributed by atoms with Crippen molar-refractivity contribution < 1.29 is 0 Å². The standard InChI is InChI=1S/C10H9ClS2/c11-7-8(9-3-1-5-12-9)10-4-2-6-13-10/h1-6,8H,7H2. The molecule has 0 saturated carbocycles. The van der Waals surface area contributed by atoms with Crippen LogP contribution >= 0.6 is 34.3 Å². The molecule has 0 aliphatic rings. The number of alkyl halides is 1. The Morgan fingerprint density at radius 2 is 1.62 bits per heavy atom. The van der Waals surface area contributed by atoms with E-state index in [2.05, 4.69) is 35.0 Å². The zero-order chi connectivity index (χ0) is 9.10. The summed E-state index contributed by atoms with van der Waals surface area (Å²) < 4.78 is 0. The van der Waals surface area contributed by atoms with Crippen LogP contribution in [0.5, 0.6) is 0 Å². The van der Waals surface area contributed by atoms with E-state index in [0.29, 0.717) is 11.8 Å². The van der Waals surface area contributed by atoms with Crippen LogP contribution in [0, 0.1) is 0 Å². The molecule has 2 aromatic heterocycles. The molecule has 0 unspecified atom stereocenters. The van der Waals surface area contributed by atoms with Crippen LogP contribution in [0.2, 0.25) is 0 Å². The Labute approximate surface area is 90.8 Å². The first-order valence-corrected chi connectivity index (χ1v) is 6.34. The third-order valence-corrected chi connectivity index (χ3v) is 4.21. The zero-order valence-corrected chi connectivity index (χ0v) is 9.33. The Morgan fingerprint density at radius 1 is 1.08 bits per heavy atom. The number of hydrogen-bond acceptors (Lipinski definition) is 2. The maximum atomic E-state index is 5.96. The van der Waals surface area contributed by atoms with E-state index in [1.165, 1.54) is 9.75 Å². The summed E-state index contributed by atoms with van der Waals surface area (Å²) in [5.41, 5.74) is 0. The highest BCUT2D eigenvalue weighted by Crippen LogP contribution is 2.31. The molecule has 3 heteroatoms. The first kappa shape index (κ1) is 9.25. The molecule has 68 valence electrons. The average Bonchev–Trinajstić information content (AvgIpc) is 2.76. The Kier molecular flexibility index (Phi) is 3.04. The van der Waals surface area contributed by atoms with Crippen LogP contribution in [0.1, 0.15) is 15.7 Å². The highest BCUT2D eigenvalue weighted by atomic mass is 35.5. The molecule has 2 rings (SSSR count). The van der Waals surface area contributed by atoms with Crippen molar-refractivity contribution in [1.82, 2.24) is 0 Å². The second kappa shape index (κ2) is 4.27. The summed E-state index contributed by atoms with van der Waals surface area (Å²) >= 11 is 9.52. The number of rotatable bonds is 3. The van der Waals surface area contributed by atoms with Crippen molar-refractivity contribution in [3.63, 3.8) is 0 Å². The van der Waals surface area contributed by atoms with Crippen LogP contribution < -0.4 is 0 Å². The van der Waals surface area contributed by atoms with Gasteiger partial charge in [-0.3, -0.25) is 0 Å². The maximum Gasteiger partial charge on any atom is 0.0413 e. The van der Waals surface area contributed by atoms with Crippen molar-refractivity contribution in [2.24, 2.45) is 0 Å². The molecule has 0 N–H and O–H groups in total. The molecule has 0 fully saturated rings. The van der Waals surface area contributed by atoms with Gasteiger partial charge in [-0.15, -0.1) is 34.3 Å². The van der Waals surface area contributed by atoms with Crippen molar-refractivity contribution in [2.45, 2.75) is 5.92 Å². The molecule has 0 amide bonds. The molecule has 2 heterocycles. The van der Waals surface area contributed by atoms with Gasteiger partial charge in [-0.2, -0.15) is 0 Å². The Hall–Kier alpha value is -0.310. The average molecular weight is 229 g/mol. The van der Waals surface area contributed by atoms with E-state index in [4.69, 9.17) is 11.6 Å². The topological polar surface area (TPSA) is 0 Å². The summed E-state index contributed by atoms with van der Waals surface area (Å²) in [6.45, 7) is 0. The third kappa shape index (κ3) is 1.96. The highest BCUT2D eigenvalue weighted by Gasteiger charge is 2.14. The lowest BCUT2D eigenvalue weighted by Gasteiger charge is -2.08. The van der Waals surface area contributed by atoms with E-state index >= 15 is 0 Å². The van der Waals surface area contributed by atoms with Gasteiger partial charge in [-0.05, 0) is 22.9 Å². The van der Waals surface area contributed by atoms with Crippen molar-refractivity contribution in [3.8, 4) is 0 Å². The predicted molar refractivity (Wildman–Crippen MR) is 61.2 cm³/mol. The first-order chi connectivity index (χ1) is 6.42. The Bertz CT molecular complexity index is 303. The molecule has 0 radical (unpaired) electrons. The van der Waals surface area contributed by atoms with Crippen molar-refractivity contribution in [2.75, 3.05) is 5.88 Å². The van der Waals surface area contributed by atoms with Gasteiger partial charge in [0.15, 0.2) is 0 Å². The van der Waals surface area contributed by atoms with Crippen LogP contribution in [-0.2, 0) is 0 Å². The molecular weight excluding hydrogens is 220 g/mol. The molecule has 13 heavy (non-hydrogen) atoms. The van der Waals surface area contributed by atoms with Crippen molar-refractivity contribution >= 4 is 34.3 Å². The summed E-state index contributed by atoms with van der Waals surface area (Å²) in [6.07, 6.45) is 0. The van der Waals surface area contributed by atoms with Crippen LogP contribution in [0.3, 0.4) is 0 Å². The minimum Gasteiger partial charge on any atom is -0.148 e. The molecule has 0 spiro atoms. The van der Waals surface area contributed by atoms with Gasteiger partial charge in [0.1, 0.15) is 0 Å². The van der Waals surface area contributed by atoms with E-state index in [9.17, 15) is 0 Å². The Morgan fingerprint density at radius 3 is 1.92 bits per heavy atom. The fraction of sp³-hybridized carbons (Fsp3) is 0.200. The molecule has 0 aromatic carbocycles. The lowest BCUT2D eigenvalue weighted by molar-refractivity contribution is 0.985. The minimum absolute atomic E-state index is 0.390. The number of hydrogen-bond donors (Lipinski definition) is 0. The summed E-state index contributed by atoms with van der Waals surface area (Å²) in [6, 6.07) is 8.45. The summed E-state index contributed by atoms with van der Waals surface area (Å²) in [4.78, 5) is 2.72. The SMILES string of the molecule is ClCC(c1cccs1)c1cccs1. The first-order valence-electron chi connectivity index (χ1n) is 4.04. The fourth-order valence-electron chi connectivity index (χ4n) is 1.27. The lowest BCUT2D eigenvalue weighted by atomic mass is 10.1. The van der Waals surface area contributed by atoms with Gasteiger partial charge in [0.05, 0.1) is 0 Å². The second-order valence-electron chi connectivity index (χ2n) is 2.74. The molecule has 0 nitrogen and oxygen atoms in total. The van der Waals surface area contributed by atoms with Crippen LogP contribution in [0.25, 0.3) is 0 Å². The zero-order valence-electron chi connectivity index (χ0n) is 6.94. The van der Waals surface area contributed by atoms with Crippen LogP contribution in [0.15, 0.2) is 35.0 Å². The second-order valence-corrected chi connectivity index (χ2v) is 5.00. The smallest absolute Gasteiger partial charge is 0.0413 e. The van der Waals surface area contributed by atoms with Gasteiger partial charge >= 0.3 is 0 Å². The van der Waals surface area contributed by atoms with Gasteiger partial charge in [0.25, 0.3) is 0 Å². The van der Waals surface area contributed by atoms with Gasteiger partial charge in [0.2, 0.25) is 0 Å². The molecular formula is C10H9ClS2.